The fourth-order valence-corrected chi connectivity index (χ4v) is 0.790. The van der Waals surface area contributed by atoms with E-state index in [1.807, 2.05) is 0 Å². The predicted octanol–water partition coefficient (Wildman–Crippen LogP) is -0.578. The number of ether oxygens (including phenoxy) is 2. The van der Waals surface area contributed by atoms with Crippen LogP contribution in [-0.2, 0) is 14.3 Å². The van der Waals surface area contributed by atoms with Crippen molar-refractivity contribution in [3.8, 4) is 0 Å². The fourth-order valence-electron chi connectivity index (χ4n) is 0.790. The normalized spacial score (nSPS) is 11.9. The molecule has 1 atom stereocenters. The first kappa shape index (κ1) is 14.7. The molecular weight excluding hydrogens is 216 g/mol. The lowest BCUT2D eigenvalue weighted by Crippen LogP contribution is -2.45. The summed E-state index contributed by atoms with van der Waals surface area (Å²) >= 11 is 0. The summed E-state index contributed by atoms with van der Waals surface area (Å²) in [6.07, 6.45) is 0. The second-order valence-electron chi connectivity index (χ2n) is 3.07. The molecule has 0 aromatic rings. The molecule has 0 aliphatic rings. The zero-order chi connectivity index (χ0) is 12.4. The number of carboxylic acids is 1. The Bertz CT molecular complexity index is 222. The third kappa shape index (κ3) is 8.01. The maximum atomic E-state index is 11.1. The van der Waals surface area contributed by atoms with Gasteiger partial charge in [0.15, 0.2) is 0 Å². The maximum Gasteiger partial charge on any atom is 0.325 e. The quantitative estimate of drug-likeness (QED) is 0.488. The summed E-state index contributed by atoms with van der Waals surface area (Å²) in [5, 5.41) is 13.2. The molecule has 7 heteroatoms. The minimum absolute atomic E-state index is 0.321. The average molecular weight is 234 g/mol. The van der Waals surface area contributed by atoms with Crippen molar-refractivity contribution in [3.05, 3.63) is 0 Å². The molecule has 0 saturated carbocycles. The smallest absolute Gasteiger partial charge is 0.325 e. The van der Waals surface area contributed by atoms with Crippen LogP contribution >= 0.6 is 0 Å². The SMILES string of the molecule is COCCOCCNC(=O)N[C@@H](C)C(=O)O. The summed E-state index contributed by atoms with van der Waals surface area (Å²) in [7, 11) is 1.57. The minimum atomic E-state index is -1.08. The third-order valence-electron chi connectivity index (χ3n) is 1.68. The molecule has 0 bridgehead atoms. The Labute approximate surface area is 94.1 Å². The van der Waals surface area contributed by atoms with Crippen molar-refractivity contribution in [1.82, 2.24) is 10.6 Å². The number of carbonyl (C=O) groups is 2. The van der Waals surface area contributed by atoms with Crippen molar-refractivity contribution < 1.29 is 24.2 Å². The Balaban J connectivity index is 3.40. The van der Waals surface area contributed by atoms with Crippen LogP contribution in [0.25, 0.3) is 0 Å². The molecule has 16 heavy (non-hydrogen) atoms. The number of amides is 2. The molecule has 0 aliphatic carbocycles. The predicted molar refractivity (Wildman–Crippen MR) is 56.3 cm³/mol. The van der Waals surface area contributed by atoms with Crippen molar-refractivity contribution in [2.75, 3.05) is 33.5 Å². The summed E-state index contributed by atoms with van der Waals surface area (Å²) in [5.41, 5.74) is 0. The number of rotatable bonds is 8. The van der Waals surface area contributed by atoms with Crippen LogP contribution in [0.3, 0.4) is 0 Å². The van der Waals surface area contributed by atoms with E-state index in [4.69, 9.17) is 14.6 Å². The minimum Gasteiger partial charge on any atom is -0.480 e. The Morgan fingerprint density at radius 3 is 2.56 bits per heavy atom. The molecule has 94 valence electrons. The molecule has 0 aromatic carbocycles. The molecule has 3 N–H and O–H groups in total. The van der Waals surface area contributed by atoms with Crippen LogP contribution in [0.15, 0.2) is 0 Å². The van der Waals surface area contributed by atoms with E-state index < -0.39 is 18.0 Å². The van der Waals surface area contributed by atoms with Gasteiger partial charge in [-0.2, -0.15) is 0 Å². The highest BCUT2D eigenvalue weighted by Crippen LogP contribution is 1.81. The summed E-state index contributed by atoms with van der Waals surface area (Å²) in [4.78, 5) is 21.5. The van der Waals surface area contributed by atoms with Crippen LogP contribution in [0.4, 0.5) is 4.79 Å². The third-order valence-corrected chi connectivity index (χ3v) is 1.68. The molecule has 0 aliphatic heterocycles. The highest BCUT2D eigenvalue weighted by atomic mass is 16.5. The fraction of sp³-hybridized carbons (Fsp3) is 0.778. The molecular formula is C9H18N2O5. The van der Waals surface area contributed by atoms with Crippen molar-refractivity contribution in [2.45, 2.75) is 13.0 Å². The van der Waals surface area contributed by atoms with Gasteiger partial charge >= 0.3 is 12.0 Å². The zero-order valence-electron chi connectivity index (χ0n) is 9.49. The van der Waals surface area contributed by atoms with Gasteiger partial charge in [-0.3, -0.25) is 4.79 Å². The number of urea groups is 1. The van der Waals surface area contributed by atoms with Gasteiger partial charge in [0.05, 0.1) is 19.8 Å². The molecule has 0 aromatic heterocycles. The highest BCUT2D eigenvalue weighted by molar-refractivity contribution is 5.82. The van der Waals surface area contributed by atoms with E-state index in [-0.39, 0.29) is 0 Å². The van der Waals surface area contributed by atoms with Crippen molar-refractivity contribution >= 4 is 12.0 Å². The van der Waals surface area contributed by atoms with Crippen LogP contribution in [0.2, 0.25) is 0 Å². The number of nitrogens with one attached hydrogen (secondary N) is 2. The van der Waals surface area contributed by atoms with Gasteiger partial charge in [0, 0.05) is 13.7 Å². The van der Waals surface area contributed by atoms with Crippen molar-refractivity contribution in [2.24, 2.45) is 0 Å². The molecule has 2 amide bonds. The second-order valence-corrected chi connectivity index (χ2v) is 3.07. The maximum absolute atomic E-state index is 11.1. The van der Waals surface area contributed by atoms with Gasteiger partial charge in [-0.25, -0.2) is 4.79 Å². The highest BCUT2D eigenvalue weighted by Gasteiger charge is 2.12. The van der Waals surface area contributed by atoms with Gasteiger partial charge in [-0.15, -0.1) is 0 Å². The van der Waals surface area contributed by atoms with Crippen LogP contribution in [-0.4, -0.2) is 56.6 Å². The number of hydrogen-bond acceptors (Lipinski definition) is 4. The van der Waals surface area contributed by atoms with Crippen LogP contribution < -0.4 is 10.6 Å². The molecule has 0 fully saturated rings. The average Bonchev–Trinajstić information content (AvgIpc) is 2.23. The van der Waals surface area contributed by atoms with Gasteiger partial charge in [0.25, 0.3) is 0 Å². The largest absolute Gasteiger partial charge is 0.480 e. The van der Waals surface area contributed by atoms with Gasteiger partial charge in [-0.05, 0) is 6.92 Å². The molecule has 0 unspecified atom stereocenters. The van der Waals surface area contributed by atoms with E-state index in [1.54, 1.807) is 7.11 Å². The molecule has 0 heterocycles. The summed E-state index contributed by atoms with van der Waals surface area (Å²) in [6, 6.07) is -1.43. The molecule has 7 nitrogen and oxygen atoms in total. The lowest BCUT2D eigenvalue weighted by molar-refractivity contribution is -0.138. The van der Waals surface area contributed by atoms with Gasteiger partial charge < -0.3 is 25.2 Å². The number of methoxy groups -OCH3 is 1. The van der Waals surface area contributed by atoms with Gasteiger partial charge in [-0.1, -0.05) is 0 Å². The summed E-state index contributed by atoms with van der Waals surface area (Å²) in [5.74, 6) is -1.08. The van der Waals surface area contributed by atoms with E-state index in [0.717, 1.165) is 0 Å². The van der Waals surface area contributed by atoms with Crippen molar-refractivity contribution in [3.63, 3.8) is 0 Å². The van der Waals surface area contributed by atoms with Crippen molar-refractivity contribution in [1.29, 1.82) is 0 Å². The lowest BCUT2D eigenvalue weighted by Gasteiger charge is -2.10. The summed E-state index contributed by atoms with van der Waals surface area (Å²) in [6.45, 7) is 3.03. The van der Waals surface area contributed by atoms with E-state index in [1.165, 1.54) is 6.92 Å². The standard InChI is InChI=1S/C9H18N2O5/c1-7(8(12)13)11-9(14)10-3-4-16-6-5-15-2/h7H,3-6H2,1-2H3,(H,12,13)(H2,10,11,14)/t7-/m0/s1. The first-order chi connectivity index (χ1) is 7.57. The zero-order valence-corrected chi connectivity index (χ0v) is 9.49. The van der Waals surface area contributed by atoms with E-state index in [0.29, 0.717) is 26.4 Å². The Kier molecular flexibility index (Phi) is 8.18. The number of aliphatic carboxylic acids is 1. The van der Waals surface area contributed by atoms with Crippen LogP contribution in [0.1, 0.15) is 6.92 Å². The Morgan fingerprint density at radius 2 is 2.00 bits per heavy atom. The first-order valence-corrected chi connectivity index (χ1v) is 4.91. The molecule has 0 spiro atoms. The summed E-state index contributed by atoms with van der Waals surface area (Å²) < 4.78 is 9.85. The second kappa shape index (κ2) is 8.93. The topological polar surface area (TPSA) is 96.9 Å². The number of carbonyl (C=O) groups excluding carboxylic acids is 1. The van der Waals surface area contributed by atoms with E-state index >= 15 is 0 Å². The Morgan fingerprint density at radius 1 is 1.31 bits per heavy atom. The van der Waals surface area contributed by atoms with Gasteiger partial charge in [0.2, 0.25) is 0 Å². The van der Waals surface area contributed by atoms with Crippen LogP contribution in [0, 0.1) is 0 Å². The Hall–Kier alpha value is -1.34. The van der Waals surface area contributed by atoms with Crippen LogP contribution in [0.5, 0.6) is 0 Å². The molecule has 0 rings (SSSR count). The number of hydrogen-bond donors (Lipinski definition) is 3. The molecule has 0 radical (unpaired) electrons. The monoisotopic (exact) mass is 234 g/mol. The van der Waals surface area contributed by atoms with Gasteiger partial charge in [0.1, 0.15) is 6.04 Å². The molecule has 0 saturated heterocycles. The lowest BCUT2D eigenvalue weighted by atomic mass is 10.3. The number of carboxylic acid groups (broad SMARTS) is 1. The van der Waals surface area contributed by atoms with E-state index in [9.17, 15) is 9.59 Å². The van der Waals surface area contributed by atoms with E-state index in [2.05, 4.69) is 10.6 Å². The first-order valence-electron chi connectivity index (χ1n) is 4.91.